The van der Waals surface area contributed by atoms with E-state index in [4.69, 9.17) is 9.47 Å². The lowest BCUT2D eigenvalue weighted by Crippen LogP contribution is -2.39. The average molecular weight is 347 g/mol. The Hall–Kier alpha value is -3.49. The highest BCUT2D eigenvalue weighted by Crippen LogP contribution is 2.28. The molecular weight excluding hydrogens is 330 g/mol. The van der Waals surface area contributed by atoms with Crippen molar-refractivity contribution in [1.82, 2.24) is 5.32 Å². The fraction of sp³-hybridized carbons (Fsp3) is 0.188. The lowest BCUT2D eigenvalue weighted by atomic mass is 10.2. The second-order valence-electron chi connectivity index (χ2n) is 4.99. The third kappa shape index (κ3) is 4.99. The molecule has 1 unspecified atom stereocenters. The zero-order valence-electron chi connectivity index (χ0n) is 13.6. The number of anilines is 1. The van der Waals surface area contributed by atoms with Gasteiger partial charge in [0.25, 0.3) is 5.69 Å². The van der Waals surface area contributed by atoms with E-state index in [0.717, 1.165) is 0 Å². The Labute approximate surface area is 143 Å². The van der Waals surface area contributed by atoms with E-state index in [0.29, 0.717) is 5.75 Å². The molecule has 9 nitrogen and oxygen atoms in total. The van der Waals surface area contributed by atoms with Gasteiger partial charge in [0.2, 0.25) is 0 Å². The monoisotopic (exact) mass is 347 g/mol. The average Bonchev–Trinajstić information content (AvgIpc) is 2.56. The number of non-ortho nitro benzene ring substituents is 1. The first kappa shape index (κ1) is 17.9. The molecule has 0 heterocycles. The molecule has 2 aromatic carbocycles. The molecule has 25 heavy (non-hydrogen) atoms. The fourth-order valence-corrected chi connectivity index (χ4v) is 2.01. The van der Waals surface area contributed by atoms with Gasteiger partial charge in [0.1, 0.15) is 17.2 Å². The number of carbonyl (C=O) groups is 1. The second kappa shape index (κ2) is 7.86. The number of benzene rings is 2. The highest BCUT2D eigenvalue weighted by Gasteiger charge is 2.15. The molecule has 132 valence electrons. The van der Waals surface area contributed by atoms with Crippen molar-refractivity contribution in [3.05, 3.63) is 52.6 Å². The van der Waals surface area contributed by atoms with Gasteiger partial charge >= 0.3 is 6.03 Å². The van der Waals surface area contributed by atoms with Crippen molar-refractivity contribution in [2.75, 3.05) is 12.4 Å². The minimum atomic E-state index is -0.686. The largest absolute Gasteiger partial charge is 0.508 e. The van der Waals surface area contributed by atoms with Gasteiger partial charge in [0.15, 0.2) is 6.23 Å². The SMILES string of the molecule is COc1ccc([N+](=O)[O-])cc1NC(=O)NC(C)Oc1ccc(O)cc1. The number of nitrogens with zero attached hydrogens (tertiary/aromatic N) is 1. The van der Waals surface area contributed by atoms with E-state index < -0.39 is 17.2 Å². The van der Waals surface area contributed by atoms with E-state index in [9.17, 15) is 20.0 Å². The van der Waals surface area contributed by atoms with Crippen LogP contribution in [0.4, 0.5) is 16.2 Å². The Bertz CT molecular complexity index is 763. The Balaban J connectivity index is 2.00. The molecule has 0 aliphatic heterocycles. The van der Waals surface area contributed by atoms with Gasteiger partial charge in [-0.2, -0.15) is 0 Å². The van der Waals surface area contributed by atoms with Crippen LogP contribution in [0.3, 0.4) is 0 Å². The molecule has 3 N–H and O–H groups in total. The van der Waals surface area contributed by atoms with Gasteiger partial charge < -0.3 is 25.2 Å². The normalized spacial score (nSPS) is 11.3. The number of urea groups is 1. The summed E-state index contributed by atoms with van der Waals surface area (Å²) in [7, 11) is 1.39. The van der Waals surface area contributed by atoms with Gasteiger partial charge in [-0.25, -0.2) is 4.79 Å². The first-order valence-corrected chi connectivity index (χ1v) is 7.24. The highest BCUT2D eigenvalue weighted by atomic mass is 16.6. The Morgan fingerprint density at radius 2 is 1.92 bits per heavy atom. The van der Waals surface area contributed by atoms with Crippen molar-refractivity contribution in [3.8, 4) is 17.2 Å². The number of hydrogen-bond acceptors (Lipinski definition) is 6. The highest BCUT2D eigenvalue weighted by molar-refractivity contribution is 5.91. The number of carbonyl (C=O) groups excluding carboxylic acids is 1. The number of nitro groups is 1. The van der Waals surface area contributed by atoms with Crippen LogP contribution in [0.5, 0.6) is 17.2 Å². The van der Waals surface area contributed by atoms with Crippen LogP contribution in [0.15, 0.2) is 42.5 Å². The molecular formula is C16H17N3O6. The Morgan fingerprint density at radius 3 is 2.52 bits per heavy atom. The summed E-state index contributed by atoms with van der Waals surface area (Å²) in [5.41, 5.74) is -0.0180. The van der Waals surface area contributed by atoms with Crippen LogP contribution in [0.2, 0.25) is 0 Å². The van der Waals surface area contributed by atoms with Crippen molar-refractivity contribution in [2.24, 2.45) is 0 Å². The van der Waals surface area contributed by atoms with Gasteiger partial charge in [-0.3, -0.25) is 10.1 Å². The summed E-state index contributed by atoms with van der Waals surface area (Å²) >= 11 is 0. The summed E-state index contributed by atoms with van der Waals surface area (Å²) in [5.74, 6) is 0.842. The van der Waals surface area contributed by atoms with Gasteiger partial charge in [0, 0.05) is 12.1 Å². The lowest BCUT2D eigenvalue weighted by Gasteiger charge is -2.17. The van der Waals surface area contributed by atoms with Crippen LogP contribution in [0.1, 0.15) is 6.92 Å². The minimum Gasteiger partial charge on any atom is -0.508 e. The summed E-state index contributed by atoms with van der Waals surface area (Å²) in [6.45, 7) is 1.61. The van der Waals surface area contributed by atoms with Crippen LogP contribution in [0.25, 0.3) is 0 Å². The zero-order valence-corrected chi connectivity index (χ0v) is 13.6. The van der Waals surface area contributed by atoms with E-state index in [-0.39, 0.29) is 22.9 Å². The topological polar surface area (TPSA) is 123 Å². The first-order valence-electron chi connectivity index (χ1n) is 7.24. The molecule has 2 aromatic rings. The first-order chi connectivity index (χ1) is 11.9. The van der Waals surface area contributed by atoms with E-state index in [1.165, 1.54) is 37.4 Å². The molecule has 9 heteroatoms. The maximum absolute atomic E-state index is 12.0. The van der Waals surface area contributed by atoms with Gasteiger partial charge in [0.05, 0.1) is 17.7 Å². The number of nitro benzene ring substituents is 1. The Kier molecular flexibility index (Phi) is 5.62. The van der Waals surface area contributed by atoms with E-state index >= 15 is 0 Å². The molecule has 0 spiro atoms. The molecule has 0 bridgehead atoms. The van der Waals surface area contributed by atoms with Crippen molar-refractivity contribution in [2.45, 2.75) is 13.2 Å². The molecule has 1 atom stereocenters. The molecule has 0 saturated heterocycles. The van der Waals surface area contributed by atoms with E-state index in [1.807, 2.05) is 0 Å². The van der Waals surface area contributed by atoms with E-state index in [2.05, 4.69) is 10.6 Å². The van der Waals surface area contributed by atoms with Crippen LogP contribution in [0, 0.1) is 10.1 Å². The molecule has 0 aliphatic carbocycles. The number of phenolic OH excluding ortho intramolecular Hbond substituents is 1. The number of hydrogen-bond donors (Lipinski definition) is 3. The predicted octanol–water partition coefficient (Wildman–Crippen LogP) is 2.86. The molecule has 0 aliphatic rings. The Morgan fingerprint density at radius 1 is 1.24 bits per heavy atom. The molecule has 0 saturated carbocycles. The summed E-state index contributed by atoms with van der Waals surface area (Å²) < 4.78 is 10.5. The lowest BCUT2D eigenvalue weighted by molar-refractivity contribution is -0.384. The standard InChI is InChI=1S/C16H17N3O6/c1-10(25-13-6-4-12(20)5-7-13)17-16(21)18-14-9-11(19(22)23)3-8-15(14)24-2/h3-10,20H,1-2H3,(H2,17,18,21). The predicted molar refractivity (Wildman–Crippen MR) is 90.0 cm³/mol. The smallest absolute Gasteiger partial charge is 0.322 e. The number of rotatable bonds is 6. The van der Waals surface area contributed by atoms with Crippen LogP contribution < -0.4 is 20.1 Å². The van der Waals surface area contributed by atoms with E-state index in [1.54, 1.807) is 19.1 Å². The molecule has 2 amide bonds. The summed E-state index contributed by atoms with van der Waals surface area (Å²) in [4.78, 5) is 22.3. The van der Waals surface area contributed by atoms with Crippen molar-refractivity contribution < 1.29 is 24.3 Å². The van der Waals surface area contributed by atoms with Gasteiger partial charge in [-0.1, -0.05) is 0 Å². The van der Waals surface area contributed by atoms with Gasteiger partial charge in [-0.15, -0.1) is 0 Å². The van der Waals surface area contributed by atoms with Crippen LogP contribution in [-0.2, 0) is 0 Å². The zero-order chi connectivity index (χ0) is 18.4. The third-order valence-electron chi connectivity index (χ3n) is 3.13. The van der Waals surface area contributed by atoms with Gasteiger partial charge in [-0.05, 0) is 37.3 Å². The molecule has 2 rings (SSSR count). The number of methoxy groups -OCH3 is 1. The number of phenols is 1. The summed E-state index contributed by atoms with van der Waals surface area (Å²) in [6.07, 6.45) is -0.686. The number of nitrogens with one attached hydrogen (secondary N) is 2. The number of aromatic hydroxyl groups is 1. The fourth-order valence-electron chi connectivity index (χ4n) is 2.01. The van der Waals surface area contributed by atoms with Crippen molar-refractivity contribution in [1.29, 1.82) is 0 Å². The van der Waals surface area contributed by atoms with Crippen LogP contribution >= 0.6 is 0 Å². The molecule has 0 radical (unpaired) electrons. The summed E-state index contributed by atoms with van der Waals surface area (Å²) in [5, 5.41) is 25.1. The molecule has 0 fully saturated rings. The molecule has 0 aromatic heterocycles. The minimum absolute atomic E-state index is 0.100. The number of amides is 2. The quantitative estimate of drug-likeness (QED) is 0.419. The van der Waals surface area contributed by atoms with Crippen molar-refractivity contribution >= 4 is 17.4 Å². The number of ether oxygens (including phenoxy) is 2. The summed E-state index contributed by atoms with van der Waals surface area (Å²) in [6, 6.07) is 9.26. The maximum atomic E-state index is 12.0. The second-order valence-corrected chi connectivity index (χ2v) is 4.99. The van der Waals surface area contributed by atoms with Crippen LogP contribution in [-0.4, -0.2) is 29.4 Å². The maximum Gasteiger partial charge on any atom is 0.322 e. The van der Waals surface area contributed by atoms with Crippen molar-refractivity contribution in [3.63, 3.8) is 0 Å². The third-order valence-corrected chi connectivity index (χ3v) is 3.13.